The molecule has 0 aliphatic rings. The summed E-state index contributed by atoms with van der Waals surface area (Å²) in [6.45, 7) is -1.57. The number of nitro groups is 2. The van der Waals surface area contributed by atoms with E-state index in [0.717, 1.165) is 6.07 Å². The summed E-state index contributed by atoms with van der Waals surface area (Å²) in [6.07, 6.45) is 0. The molecule has 162 valence electrons. The molecule has 0 fully saturated rings. The zero-order chi connectivity index (χ0) is 22.2. The molecule has 0 aliphatic carbocycles. The van der Waals surface area contributed by atoms with Crippen molar-refractivity contribution in [2.75, 3.05) is 43.6 Å². The lowest BCUT2D eigenvalue weighted by atomic mass is 10.1. The van der Waals surface area contributed by atoms with E-state index < -0.39 is 60.3 Å². The number of carbonyl (C=O) groups excluding carboxylic acids is 1. The average molecular weight is 457 g/mol. The van der Waals surface area contributed by atoms with Crippen LogP contribution in [0.4, 0.5) is 17.1 Å². The highest BCUT2D eigenvalue weighted by Gasteiger charge is 2.30. The molecule has 1 amide bonds. The summed E-state index contributed by atoms with van der Waals surface area (Å²) in [5.41, 5.74) is -2.19. The standard InChI is InChI=1S/C13H18ClN4O10P/c14-1-3-16(4-5-19)12-10(13(20)15-2-6-28-29(25,26)27)7-9(17(21)22)8-11(12)18(23)24/h7-8,19H,1-6H2,(H,15,20)(H2,25,26,27). The van der Waals surface area contributed by atoms with Crippen LogP contribution in [-0.4, -0.2) is 69.4 Å². The lowest BCUT2D eigenvalue weighted by Crippen LogP contribution is -2.34. The van der Waals surface area contributed by atoms with Crippen molar-refractivity contribution in [2.24, 2.45) is 0 Å². The third-order valence-corrected chi connectivity index (χ3v) is 4.10. The number of benzene rings is 1. The van der Waals surface area contributed by atoms with Crippen LogP contribution < -0.4 is 10.2 Å². The molecule has 0 radical (unpaired) electrons. The molecule has 1 aromatic carbocycles. The van der Waals surface area contributed by atoms with Gasteiger partial charge in [0.25, 0.3) is 17.3 Å². The van der Waals surface area contributed by atoms with E-state index in [1.165, 1.54) is 4.90 Å². The first-order chi connectivity index (χ1) is 13.5. The van der Waals surface area contributed by atoms with Gasteiger partial charge in [-0.25, -0.2) is 4.57 Å². The Morgan fingerprint density at radius 2 is 1.90 bits per heavy atom. The number of alkyl halides is 1. The fraction of sp³-hybridized carbons (Fsp3) is 0.462. The smallest absolute Gasteiger partial charge is 0.395 e. The fourth-order valence-corrected chi connectivity index (χ4v) is 2.87. The van der Waals surface area contributed by atoms with Gasteiger partial charge in [0.05, 0.1) is 34.7 Å². The van der Waals surface area contributed by atoms with E-state index in [4.69, 9.17) is 21.4 Å². The summed E-state index contributed by atoms with van der Waals surface area (Å²) >= 11 is 5.68. The van der Waals surface area contributed by atoms with E-state index >= 15 is 0 Å². The molecule has 0 spiro atoms. The molecule has 1 rings (SSSR count). The largest absolute Gasteiger partial charge is 0.469 e. The van der Waals surface area contributed by atoms with E-state index in [9.17, 15) is 34.7 Å². The van der Waals surface area contributed by atoms with Gasteiger partial charge in [0.1, 0.15) is 5.69 Å². The maximum Gasteiger partial charge on any atom is 0.469 e. The van der Waals surface area contributed by atoms with Crippen LogP contribution in [0, 0.1) is 20.2 Å². The van der Waals surface area contributed by atoms with Gasteiger partial charge >= 0.3 is 7.82 Å². The second-order valence-electron chi connectivity index (χ2n) is 5.35. The van der Waals surface area contributed by atoms with Crippen molar-refractivity contribution in [1.29, 1.82) is 0 Å². The Balaban J connectivity index is 3.39. The number of nitrogens with zero attached hydrogens (tertiary/aromatic N) is 3. The Hall–Kier alpha value is -2.35. The molecule has 0 aliphatic heterocycles. The Morgan fingerprint density at radius 3 is 2.38 bits per heavy atom. The summed E-state index contributed by atoms with van der Waals surface area (Å²) in [7, 11) is -4.76. The SMILES string of the molecule is O=C(NCCOP(=O)(O)O)c1cc([N+](=O)[O-])cc([N+](=O)[O-])c1N(CCO)CCCl. The second kappa shape index (κ2) is 11.0. The first kappa shape index (κ1) is 24.7. The zero-order valence-electron chi connectivity index (χ0n) is 14.8. The lowest BCUT2D eigenvalue weighted by molar-refractivity contribution is -0.393. The Kier molecular flexibility index (Phi) is 9.36. The van der Waals surface area contributed by atoms with E-state index in [0.29, 0.717) is 6.07 Å². The van der Waals surface area contributed by atoms with Crippen LogP contribution in [0.2, 0.25) is 0 Å². The molecular formula is C13H18ClN4O10P. The Bertz CT molecular complexity index is 811. The summed E-state index contributed by atoms with van der Waals surface area (Å²) < 4.78 is 14.8. The molecule has 14 nitrogen and oxygen atoms in total. The molecule has 0 bridgehead atoms. The number of phosphoric acid groups is 1. The van der Waals surface area contributed by atoms with Crippen LogP contribution >= 0.6 is 19.4 Å². The van der Waals surface area contributed by atoms with Gasteiger partial charge in [0.15, 0.2) is 0 Å². The van der Waals surface area contributed by atoms with Crippen molar-refractivity contribution in [3.05, 3.63) is 37.9 Å². The minimum absolute atomic E-state index is 0.0115. The van der Waals surface area contributed by atoms with Crippen molar-refractivity contribution in [2.45, 2.75) is 0 Å². The number of hydrogen-bond acceptors (Lipinski definition) is 9. The molecule has 0 heterocycles. The summed E-state index contributed by atoms with van der Waals surface area (Å²) in [5, 5.41) is 34.0. The first-order valence-electron chi connectivity index (χ1n) is 7.88. The Labute approximate surface area is 168 Å². The molecule has 29 heavy (non-hydrogen) atoms. The number of aliphatic hydroxyl groups excluding tert-OH is 1. The van der Waals surface area contributed by atoms with E-state index in [-0.39, 0.29) is 24.7 Å². The highest BCUT2D eigenvalue weighted by atomic mass is 35.5. The minimum atomic E-state index is -4.76. The van der Waals surface area contributed by atoms with Crippen molar-refractivity contribution in [1.82, 2.24) is 5.32 Å². The van der Waals surface area contributed by atoms with Crippen molar-refractivity contribution in [3.8, 4) is 0 Å². The van der Waals surface area contributed by atoms with E-state index in [1.807, 2.05) is 0 Å². The molecule has 1 aromatic rings. The van der Waals surface area contributed by atoms with Crippen LogP contribution in [0.3, 0.4) is 0 Å². The third kappa shape index (κ3) is 7.53. The molecule has 16 heteroatoms. The summed E-state index contributed by atoms with van der Waals surface area (Å²) in [4.78, 5) is 51.8. The van der Waals surface area contributed by atoms with Crippen LogP contribution in [0.25, 0.3) is 0 Å². The lowest BCUT2D eigenvalue weighted by Gasteiger charge is -2.24. The number of anilines is 1. The second-order valence-corrected chi connectivity index (χ2v) is 6.97. The van der Waals surface area contributed by atoms with E-state index in [2.05, 4.69) is 9.84 Å². The molecule has 4 N–H and O–H groups in total. The molecule has 0 aromatic heterocycles. The molecule has 0 unspecified atom stereocenters. The van der Waals surface area contributed by atoms with Crippen molar-refractivity contribution >= 4 is 42.4 Å². The van der Waals surface area contributed by atoms with Gasteiger partial charge in [-0.1, -0.05) is 0 Å². The number of phosphoric ester groups is 1. The number of hydrogen-bond donors (Lipinski definition) is 4. The highest BCUT2D eigenvalue weighted by molar-refractivity contribution is 7.46. The first-order valence-corrected chi connectivity index (χ1v) is 9.95. The van der Waals surface area contributed by atoms with Crippen molar-refractivity contribution < 1.29 is 38.6 Å². The molecule has 0 saturated carbocycles. The van der Waals surface area contributed by atoms with Crippen LogP contribution in [0.5, 0.6) is 0 Å². The van der Waals surface area contributed by atoms with Crippen LogP contribution in [0.1, 0.15) is 10.4 Å². The van der Waals surface area contributed by atoms with Crippen molar-refractivity contribution in [3.63, 3.8) is 0 Å². The minimum Gasteiger partial charge on any atom is -0.395 e. The topological polar surface area (TPSA) is 206 Å². The number of halogens is 1. The van der Waals surface area contributed by atoms with E-state index in [1.54, 1.807) is 0 Å². The van der Waals surface area contributed by atoms with Gasteiger partial charge in [-0.2, -0.15) is 0 Å². The number of carbonyl (C=O) groups is 1. The number of nitrogens with one attached hydrogen (secondary N) is 1. The Morgan fingerprint density at radius 1 is 1.24 bits per heavy atom. The summed E-state index contributed by atoms with van der Waals surface area (Å²) in [6, 6.07) is 1.50. The van der Waals surface area contributed by atoms with Crippen LogP contribution in [-0.2, 0) is 9.09 Å². The normalized spacial score (nSPS) is 11.2. The number of non-ortho nitro benzene ring substituents is 1. The fourth-order valence-electron chi connectivity index (χ4n) is 2.34. The highest BCUT2D eigenvalue weighted by Crippen LogP contribution is 2.37. The average Bonchev–Trinajstić information content (AvgIpc) is 2.62. The predicted molar refractivity (Wildman–Crippen MR) is 100 cm³/mol. The predicted octanol–water partition coefficient (Wildman–Crippen LogP) is 0.380. The van der Waals surface area contributed by atoms with Crippen LogP contribution in [0.15, 0.2) is 12.1 Å². The molecule has 0 saturated heterocycles. The number of rotatable bonds is 12. The summed E-state index contributed by atoms with van der Waals surface area (Å²) in [5.74, 6) is -1.01. The van der Waals surface area contributed by atoms with Gasteiger partial charge in [-0.05, 0) is 0 Å². The van der Waals surface area contributed by atoms with Gasteiger partial charge in [0, 0.05) is 31.6 Å². The van der Waals surface area contributed by atoms with Gasteiger partial charge in [-0.15, -0.1) is 11.6 Å². The molecular weight excluding hydrogens is 439 g/mol. The maximum atomic E-state index is 12.5. The number of aliphatic hydroxyl groups is 1. The van der Waals surface area contributed by atoms with Gasteiger partial charge in [0.2, 0.25) is 0 Å². The van der Waals surface area contributed by atoms with Gasteiger partial charge in [-0.3, -0.25) is 29.5 Å². The third-order valence-electron chi connectivity index (χ3n) is 3.41. The number of nitro benzene ring substituents is 2. The maximum absolute atomic E-state index is 12.5. The molecule has 0 atom stereocenters. The quantitative estimate of drug-likeness (QED) is 0.111. The zero-order valence-corrected chi connectivity index (χ0v) is 16.4. The van der Waals surface area contributed by atoms with Gasteiger partial charge < -0.3 is 25.1 Å². The number of amides is 1. The monoisotopic (exact) mass is 456 g/mol.